The predicted octanol–water partition coefficient (Wildman–Crippen LogP) is 2.64. The highest BCUT2D eigenvalue weighted by molar-refractivity contribution is 5.79. The summed E-state index contributed by atoms with van der Waals surface area (Å²) in [7, 11) is 0. The molecular weight excluding hydrogens is 236 g/mol. The van der Waals surface area contributed by atoms with Crippen LogP contribution >= 0.6 is 0 Å². The van der Waals surface area contributed by atoms with Crippen molar-refractivity contribution in [3.63, 3.8) is 0 Å². The average molecular weight is 260 g/mol. The summed E-state index contributed by atoms with van der Waals surface area (Å²) in [5.74, 6) is 0.373. The fourth-order valence-corrected chi connectivity index (χ4v) is 2.77. The molecule has 1 aliphatic rings. The molecule has 2 rings (SSSR count). The van der Waals surface area contributed by atoms with Gasteiger partial charge >= 0.3 is 0 Å². The van der Waals surface area contributed by atoms with Crippen LogP contribution in [-0.2, 0) is 4.79 Å². The lowest BCUT2D eigenvalue weighted by atomic mass is 9.92. The van der Waals surface area contributed by atoms with Crippen molar-refractivity contribution in [1.29, 1.82) is 0 Å². The smallest absolute Gasteiger partial charge is 0.223 e. The van der Waals surface area contributed by atoms with E-state index in [-0.39, 0.29) is 17.9 Å². The van der Waals surface area contributed by atoms with Gasteiger partial charge in [0.2, 0.25) is 5.91 Å². The number of benzene rings is 1. The van der Waals surface area contributed by atoms with Crippen LogP contribution in [0.2, 0.25) is 0 Å². The summed E-state index contributed by atoms with van der Waals surface area (Å²) in [5, 5.41) is 6.59. The molecule has 0 aromatic heterocycles. The first-order valence-electron chi connectivity index (χ1n) is 7.29. The lowest BCUT2D eigenvalue weighted by Gasteiger charge is -2.29. The van der Waals surface area contributed by atoms with Gasteiger partial charge < -0.3 is 10.6 Å². The second kappa shape index (κ2) is 6.71. The van der Waals surface area contributed by atoms with E-state index in [9.17, 15) is 4.79 Å². The Hall–Kier alpha value is -1.35. The molecule has 3 nitrogen and oxygen atoms in total. The number of carbonyl (C=O) groups excluding carboxylic acids is 1. The van der Waals surface area contributed by atoms with E-state index in [2.05, 4.69) is 36.6 Å². The summed E-state index contributed by atoms with van der Waals surface area (Å²) in [5.41, 5.74) is 1.19. The maximum absolute atomic E-state index is 12.3. The lowest BCUT2D eigenvalue weighted by molar-refractivity contribution is -0.126. The Morgan fingerprint density at radius 1 is 1.42 bits per heavy atom. The highest BCUT2D eigenvalue weighted by atomic mass is 16.1. The molecule has 1 amide bonds. The Balaban J connectivity index is 1.96. The standard InChI is InChI=1S/C16H24N2O/c1-3-15(13-7-5-4-6-8-13)18-16(19)14-9-10-17-12(2)11-14/h4-8,12,14-15,17H,3,9-11H2,1-2H3,(H,18,19). The summed E-state index contributed by atoms with van der Waals surface area (Å²) < 4.78 is 0. The monoisotopic (exact) mass is 260 g/mol. The van der Waals surface area contributed by atoms with Crippen molar-refractivity contribution in [3.05, 3.63) is 35.9 Å². The van der Waals surface area contributed by atoms with Crippen molar-refractivity contribution >= 4 is 5.91 Å². The van der Waals surface area contributed by atoms with Crippen LogP contribution in [-0.4, -0.2) is 18.5 Å². The summed E-state index contributed by atoms with van der Waals surface area (Å²) in [4.78, 5) is 12.3. The number of amides is 1. The lowest BCUT2D eigenvalue weighted by Crippen LogP contribution is -2.43. The van der Waals surface area contributed by atoms with Gasteiger partial charge in [-0.25, -0.2) is 0 Å². The second-order valence-electron chi connectivity index (χ2n) is 5.46. The largest absolute Gasteiger partial charge is 0.349 e. The van der Waals surface area contributed by atoms with Crippen molar-refractivity contribution in [3.8, 4) is 0 Å². The summed E-state index contributed by atoms with van der Waals surface area (Å²) in [6.45, 7) is 5.21. The summed E-state index contributed by atoms with van der Waals surface area (Å²) in [6, 6.07) is 10.8. The Morgan fingerprint density at radius 3 is 2.79 bits per heavy atom. The number of hydrogen-bond donors (Lipinski definition) is 2. The van der Waals surface area contributed by atoms with Crippen molar-refractivity contribution in [2.45, 2.75) is 45.2 Å². The molecule has 1 saturated heterocycles. The van der Waals surface area contributed by atoms with Crippen LogP contribution < -0.4 is 10.6 Å². The van der Waals surface area contributed by atoms with Gasteiger partial charge in [-0.15, -0.1) is 0 Å². The van der Waals surface area contributed by atoms with E-state index >= 15 is 0 Å². The second-order valence-corrected chi connectivity index (χ2v) is 5.46. The maximum Gasteiger partial charge on any atom is 0.223 e. The number of nitrogens with one attached hydrogen (secondary N) is 2. The summed E-state index contributed by atoms with van der Waals surface area (Å²) in [6.07, 6.45) is 2.81. The van der Waals surface area contributed by atoms with Gasteiger partial charge in [-0.05, 0) is 38.3 Å². The van der Waals surface area contributed by atoms with Gasteiger partial charge in [0.1, 0.15) is 0 Å². The zero-order valence-corrected chi connectivity index (χ0v) is 11.9. The third-order valence-corrected chi connectivity index (χ3v) is 3.92. The van der Waals surface area contributed by atoms with Crippen LogP contribution in [0.3, 0.4) is 0 Å². The van der Waals surface area contributed by atoms with Crippen LogP contribution in [0.1, 0.15) is 44.7 Å². The topological polar surface area (TPSA) is 41.1 Å². The van der Waals surface area contributed by atoms with Crippen LogP contribution in [0.25, 0.3) is 0 Å². The van der Waals surface area contributed by atoms with E-state index in [4.69, 9.17) is 0 Å². The molecule has 0 spiro atoms. The molecule has 1 aromatic carbocycles. The van der Waals surface area contributed by atoms with Crippen molar-refractivity contribution < 1.29 is 4.79 Å². The van der Waals surface area contributed by atoms with E-state index in [1.807, 2.05) is 18.2 Å². The Kier molecular flexibility index (Phi) is 4.97. The minimum absolute atomic E-state index is 0.138. The first-order chi connectivity index (χ1) is 9.20. The summed E-state index contributed by atoms with van der Waals surface area (Å²) >= 11 is 0. The Labute approximate surface area is 115 Å². The van der Waals surface area contributed by atoms with Crippen LogP contribution in [0.4, 0.5) is 0 Å². The number of hydrogen-bond acceptors (Lipinski definition) is 2. The minimum atomic E-state index is 0.138. The molecule has 2 N–H and O–H groups in total. The first-order valence-corrected chi connectivity index (χ1v) is 7.29. The van der Waals surface area contributed by atoms with Crippen molar-refractivity contribution in [1.82, 2.24) is 10.6 Å². The van der Waals surface area contributed by atoms with Crippen molar-refractivity contribution in [2.75, 3.05) is 6.54 Å². The van der Waals surface area contributed by atoms with E-state index in [0.717, 1.165) is 25.8 Å². The SMILES string of the molecule is CCC(NC(=O)C1CCNC(C)C1)c1ccccc1. The van der Waals surface area contributed by atoms with Gasteiger partial charge in [-0.3, -0.25) is 4.79 Å². The molecule has 1 aliphatic heterocycles. The van der Waals surface area contributed by atoms with E-state index in [1.165, 1.54) is 5.56 Å². The maximum atomic E-state index is 12.3. The average Bonchev–Trinajstić information content (AvgIpc) is 2.45. The van der Waals surface area contributed by atoms with Gasteiger partial charge in [0.05, 0.1) is 6.04 Å². The molecule has 1 heterocycles. The van der Waals surface area contributed by atoms with Crippen LogP contribution in [0.15, 0.2) is 30.3 Å². The number of carbonyl (C=O) groups is 1. The van der Waals surface area contributed by atoms with Gasteiger partial charge in [-0.2, -0.15) is 0 Å². The minimum Gasteiger partial charge on any atom is -0.349 e. The fourth-order valence-electron chi connectivity index (χ4n) is 2.77. The Bertz CT molecular complexity index is 404. The molecule has 1 fully saturated rings. The molecule has 0 bridgehead atoms. The number of piperidine rings is 1. The van der Waals surface area contributed by atoms with Crippen LogP contribution in [0, 0.1) is 5.92 Å². The fraction of sp³-hybridized carbons (Fsp3) is 0.562. The van der Waals surface area contributed by atoms with Gasteiger partial charge in [0.15, 0.2) is 0 Å². The normalized spacial score (nSPS) is 24.7. The predicted molar refractivity (Wildman–Crippen MR) is 77.8 cm³/mol. The third-order valence-electron chi connectivity index (χ3n) is 3.92. The molecule has 3 unspecified atom stereocenters. The molecule has 3 heteroatoms. The van der Waals surface area contributed by atoms with Gasteiger partial charge in [0.25, 0.3) is 0 Å². The molecular formula is C16H24N2O. The zero-order chi connectivity index (χ0) is 13.7. The molecule has 3 atom stereocenters. The third kappa shape index (κ3) is 3.80. The van der Waals surface area contributed by atoms with Gasteiger partial charge in [0, 0.05) is 12.0 Å². The molecule has 0 saturated carbocycles. The molecule has 104 valence electrons. The van der Waals surface area contributed by atoms with E-state index in [0.29, 0.717) is 6.04 Å². The van der Waals surface area contributed by atoms with Crippen molar-refractivity contribution in [2.24, 2.45) is 5.92 Å². The molecule has 19 heavy (non-hydrogen) atoms. The Morgan fingerprint density at radius 2 is 2.16 bits per heavy atom. The number of rotatable bonds is 4. The molecule has 1 aromatic rings. The molecule has 0 aliphatic carbocycles. The van der Waals surface area contributed by atoms with E-state index < -0.39 is 0 Å². The molecule has 0 radical (unpaired) electrons. The zero-order valence-electron chi connectivity index (χ0n) is 11.9. The van der Waals surface area contributed by atoms with Gasteiger partial charge in [-0.1, -0.05) is 37.3 Å². The highest BCUT2D eigenvalue weighted by Crippen LogP contribution is 2.20. The first kappa shape index (κ1) is 14.1. The quantitative estimate of drug-likeness (QED) is 0.874. The van der Waals surface area contributed by atoms with E-state index in [1.54, 1.807) is 0 Å². The van der Waals surface area contributed by atoms with Crippen LogP contribution in [0.5, 0.6) is 0 Å². The highest BCUT2D eigenvalue weighted by Gasteiger charge is 2.26.